The highest BCUT2D eigenvalue weighted by molar-refractivity contribution is 6.06. The van der Waals surface area contributed by atoms with Gasteiger partial charge in [-0.05, 0) is 18.6 Å². The molecule has 0 atom stereocenters. The number of carbonyl (C=O) groups excluding carboxylic acids is 1. The number of nitrogens with two attached hydrogens (primary N) is 1. The van der Waals surface area contributed by atoms with Crippen molar-refractivity contribution in [2.75, 3.05) is 12.0 Å². The van der Waals surface area contributed by atoms with E-state index in [0.717, 1.165) is 23.7 Å². The number of rotatable bonds is 5. The second-order valence-corrected chi connectivity index (χ2v) is 4.33. The zero-order valence-corrected chi connectivity index (χ0v) is 10.9. The van der Waals surface area contributed by atoms with Gasteiger partial charge in [-0.25, -0.2) is 10.8 Å². The number of benzene rings is 1. The fraction of sp³-hybridized carbons (Fsp3) is 0.286. The number of carbonyl (C=O) groups is 1. The summed E-state index contributed by atoms with van der Waals surface area (Å²) in [6, 6.07) is 9.19. The number of aromatic nitrogens is 1. The van der Waals surface area contributed by atoms with Crippen molar-refractivity contribution in [1.82, 2.24) is 10.3 Å². The number of unbranched alkanes of at least 4 members (excludes halogenated alkanes) is 1. The minimum Gasteiger partial charge on any atom is -0.352 e. The Morgan fingerprint density at radius 1 is 1.37 bits per heavy atom. The van der Waals surface area contributed by atoms with Crippen LogP contribution in [0.3, 0.4) is 0 Å². The fourth-order valence-electron chi connectivity index (χ4n) is 1.91. The lowest BCUT2D eigenvalue weighted by atomic mass is 10.1. The highest BCUT2D eigenvalue weighted by Gasteiger charge is 2.11. The number of hydrazine groups is 1. The maximum absolute atomic E-state index is 12.2. The van der Waals surface area contributed by atoms with Crippen molar-refractivity contribution in [2.24, 2.45) is 5.84 Å². The Hall–Kier alpha value is -2.14. The van der Waals surface area contributed by atoms with E-state index >= 15 is 0 Å². The van der Waals surface area contributed by atoms with Gasteiger partial charge >= 0.3 is 0 Å². The van der Waals surface area contributed by atoms with Crippen LogP contribution in [0.2, 0.25) is 0 Å². The Kier molecular flexibility index (Phi) is 4.30. The van der Waals surface area contributed by atoms with E-state index in [1.54, 1.807) is 6.07 Å². The van der Waals surface area contributed by atoms with Crippen molar-refractivity contribution in [3.63, 3.8) is 0 Å². The van der Waals surface area contributed by atoms with Gasteiger partial charge in [0.25, 0.3) is 5.91 Å². The van der Waals surface area contributed by atoms with Gasteiger partial charge in [0.05, 0.1) is 11.1 Å². The lowest BCUT2D eigenvalue weighted by Gasteiger charge is -2.09. The molecule has 0 saturated carbocycles. The largest absolute Gasteiger partial charge is 0.352 e. The first-order valence-electron chi connectivity index (χ1n) is 6.41. The first-order valence-corrected chi connectivity index (χ1v) is 6.41. The molecule has 1 aromatic carbocycles. The van der Waals surface area contributed by atoms with Gasteiger partial charge in [-0.1, -0.05) is 31.5 Å². The standard InChI is InChI=1S/C14H18N4O/c1-2-3-8-16-14(19)11-9-13(18-15)17-12-7-5-4-6-10(11)12/h4-7,9H,2-3,8,15H2,1H3,(H,16,19)(H,17,18). The van der Waals surface area contributed by atoms with Crippen LogP contribution >= 0.6 is 0 Å². The number of hydrogen-bond donors (Lipinski definition) is 3. The van der Waals surface area contributed by atoms with Gasteiger partial charge in [-0.3, -0.25) is 4.79 Å². The number of hydrogen-bond acceptors (Lipinski definition) is 4. The normalized spacial score (nSPS) is 10.4. The van der Waals surface area contributed by atoms with Crippen LogP contribution in [0.15, 0.2) is 30.3 Å². The molecule has 100 valence electrons. The molecular formula is C14H18N4O. The molecule has 2 rings (SSSR count). The van der Waals surface area contributed by atoms with Crippen LogP contribution in [0.25, 0.3) is 10.9 Å². The summed E-state index contributed by atoms with van der Waals surface area (Å²) in [6.07, 6.45) is 2.02. The van der Waals surface area contributed by atoms with E-state index in [0.29, 0.717) is 17.9 Å². The number of para-hydroxylation sites is 1. The maximum Gasteiger partial charge on any atom is 0.252 e. The second kappa shape index (κ2) is 6.15. The van der Waals surface area contributed by atoms with Crippen LogP contribution < -0.4 is 16.6 Å². The first kappa shape index (κ1) is 13.3. The third kappa shape index (κ3) is 3.00. The molecule has 0 aliphatic heterocycles. The molecule has 0 fully saturated rings. The van der Waals surface area contributed by atoms with Crippen molar-refractivity contribution in [3.8, 4) is 0 Å². The summed E-state index contributed by atoms with van der Waals surface area (Å²) in [5.41, 5.74) is 3.83. The average Bonchev–Trinajstić information content (AvgIpc) is 2.46. The third-order valence-electron chi connectivity index (χ3n) is 2.92. The van der Waals surface area contributed by atoms with Gasteiger partial charge in [-0.2, -0.15) is 0 Å². The van der Waals surface area contributed by atoms with Crippen LogP contribution in [-0.2, 0) is 0 Å². The molecule has 1 amide bonds. The van der Waals surface area contributed by atoms with Crippen molar-refractivity contribution >= 4 is 22.6 Å². The van der Waals surface area contributed by atoms with Crippen molar-refractivity contribution in [2.45, 2.75) is 19.8 Å². The number of fused-ring (bicyclic) bond motifs is 1. The van der Waals surface area contributed by atoms with Gasteiger partial charge in [-0.15, -0.1) is 0 Å². The highest BCUT2D eigenvalue weighted by Crippen LogP contribution is 2.20. The smallest absolute Gasteiger partial charge is 0.252 e. The number of pyridine rings is 1. The summed E-state index contributed by atoms with van der Waals surface area (Å²) in [4.78, 5) is 16.5. The van der Waals surface area contributed by atoms with Gasteiger partial charge in [0.2, 0.25) is 0 Å². The summed E-state index contributed by atoms with van der Waals surface area (Å²) in [6.45, 7) is 2.77. The minimum absolute atomic E-state index is 0.0939. The molecule has 1 aromatic heterocycles. The number of anilines is 1. The van der Waals surface area contributed by atoms with Gasteiger partial charge < -0.3 is 10.7 Å². The Labute approximate surface area is 112 Å². The van der Waals surface area contributed by atoms with Crippen molar-refractivity contribution < 1.29 is 4.79 Å². The van der Waals surface area contributed by atoms with E-state index in [-0.39, 0.29) is 5.91 Å². The Balaban J connectivity index is 2.37. The third-order valence-corrected chi connectivity index (χ3v) is 2.92. The summed E-state index contributed by atoms with van der Waals surface area (Å²) in [7, 11) is 0. The van der Waals surface area contributed by atoms with E-state index in [1.165, 1.54) is 0 Å². The summed E-state index contributed by atoms with van der Waals surface area (Å²) in [5, 5.41) is 3.74. The Morgan fingerprint density at radius 3 is 2.89 bits per heavy atom. The molecule has 5 nitrogen and oxygen atoms in total. The average molecular weight is 258 g/mol. The molecule has 0 spiro atoms. The van der Waals surface area contributed by atoms with Crippen LogP contribution in [0.1, 0.15) is 30.1 Å². The summed E-state index contributed by atoms with van der Waals surface area (Å²) in [5.74, 6) is 5.78. The predicted molar refractivity (Wildman–Crippen MR) is 76.8 cm³/mol. The topological polar surface area (TPSA) is 80.0 Å². The number of nitrogens with one attached hydrogen (secondary N) is 2. The molecule has 5 heteroatoms. The Morgan fingerprint density at radius 2 is 2.16 bits per heavy atom. The molecule has 19 heavy (non-hydrogen) atoms. The van der Waals surface area contributed by atoms with Gasteiger partial charge in [0.15, 0.2) is 0 Å². The molecule has 0 saturated heterocycles. The van der Waals surface area contributed by atoms with E-state index in [1.807, 2.05) is 24.3 Å². The molecule has 0 aliphatic carbocycles. The van der Waals surface area contributed by atoms with E-state index in [4.69, 9.17) is 5.84 Å². The summed E-state index contributed by atoms with van der Waals surface area (Å²) >= 11 is 0. The van der Waals surface area contributed by atoms with Crippen LogP contribution in [0.4, 0.5) is 5.82 Å². The first-order chi connectivity index (χ1) is 9.26. The fourth-order valence-corrected chi connectivity index (χ4v) is 1.91. The molecule has 2 aromatic rings. The number of nitrogen functional groups attached to an aromatic ring is 1. The Bertz CT molecular complexity index is 583. The monoisotopic (exact) mass is 258 g/mol. The molecule has 0 bridgehead atoms. The quantitative estimate of drug-likeness (QED) is 0.435. The minimum atomic E-state index is -0.0939. The van der Waals surface area contributed by atoms with E-state index in [9.17, 15) is 4.79 Å². The molecule has 1 heterocycles. The van der Waals surface area contributed by atoms with Crippen LogP contribution in [-0.4, -0.2) is 17.4 Å². The van der Waals surface area contributed by atoms with Gasteiger partial charge in [0, 0.05) is 11.9 Å². The van der Waals surface area contributed by atoms with Crippen LogP contribution in [0.5, 0.6) is 0 Å². The molecule has 0 aliphatic rings. The molecular weight excluding hydrogens is 240 g/mol. The maximum atomic E-state index is 12.2. The van der Waals surface area contributed by atoms with Crippen LogP contribution in [0, 0.1) is 0 Å². The van der Waals surface area contributed by atoms with Crippen molar-refractivity contribution in [3.05, 3.63) is 35.9 Å². The SMILES string of the molecule is CCCCNC(=O)c1cc(NN)nc2ccccc12. The molecule has 0 radical (unpaired) electrons. The van der Waals surface area contributed by atoms with Crippen molar-refractivity contribution in [1.29, 1.82) is 0 Å². The lowest BCUT2D eigenvalue weighted by Crippen LogP contribution is -2.25. The summed E-state index contributed by atoms with van der Waals surface area (Å²) < 4.78 is 0. The zero-order valence-electron chi connectivity index (χ0n) is 10.9. The van der Waals surface area contributed by atoms with E-state index < -0.39 is 0 Å². The molecule has 0 unspecified atom stereocenters. The zero-order chi connectivity index (χ0) is 13.7. The highest BCUT2D eigenvalue weighted by atomic mass is 16.1. The number of nitrogens with zero attached hydrogens (tertiary/aromatic N) is 1. The molecule has 4 N–H and O–H groups in total. The number of amides is 1. The van der Waals surface area contributed by atoms with E-state index in [2.05, 4.69) is 22.7 Å². The van der Waals surface area contributed by atoms with Gasteiger partial charge in [0.1, 0.15) is 5.82 Å². The second-order valence-electron chi connectivity index (χ2n) is 4.33. The lowest BCUT2D eigenvalue weighted by molar-refractivity contribution is 0.0955. The predicted octanol–water partition coefficient (Wildman–Crippen LogP) is 2.05.